The highest BCUT2D eigenvalue weighted by atomic mass is 35.5. The minimum Gasteiger partial charge on any atom is -0.465 e. The van der Waals surface area contributed by atoms with Crippen molar-refractivity contribution in [1.29, 1.82) is 0 Å². The molecule has 0 saturated carbocycles. The smallest absolute Gasteiger partial charge is 0.311 e. The summed E-state index contributed by atoms with van der Waals surface area (Å²) in [5.41, 5.74) is 1.61. The molecule has 0 aliphatic carbocycles. The van der Waals surface area contributed by atoms with Crippen molar-refractivity contribution in [2.24, 2.45) is 11.8 Å². The van der Waals surface area contributed by atoms with Crippen molar-refractivity contribution in [3.05, 3.63) is 89.5 Å². The number of cyclic esters (lactones) is 1. The third-order valence-corrected chi connectivity index (χ3v) is 11.0. The first-order valence-electron chi connectivity index (χ1n) is 14.6. The molecule has 0 bridgehead atoms. The Balaban J connectivity index is 1.49. The van der Waals surface area contributed by atoms with E-state index in [1.807, 2.05) is 55.5 Å². The molecule has 2 aromatic carbocycles. The predicted octanol–water partition coefficient (Wildman–Crippen LogP) is 4.82. The van der Waals surface area contributed by atoms with E-state index < -0.39 is 39.4 Å². The highest BCUT2D eigenvalue weighted by Crippen LogP contribution is 2.65. The molecule has 4 aliphatic heterocycles. The number of aliphatic hydroxyl groups excluding tert-OH is 1. The van der Waals surface area contributed by atoms with Crippen LogP contribution < -0.4 is 4.90 Å². The van der Waals surface area contributed by atoms with E-state index >= 15 is 0 Å². The Morgan fingerprint density at radius 1 is 1.00 bits per heavy atom. The number of benzene rings is 2. The molecule has 0 radical (unpaired) electrons. The summed E-state index contributed by atoms with van der Waals surface area (Å²) in [5.74, 6) is -2.57. The highest BCUT2D eigenvalue weighted by Gasteiger charge is 2.74. The molecular weight excluding hydrogens is 572 g/mol. The maximum Gasteiger partial charge on any atom is 0.311 e. The van der Waals surface area contributed by atoms with Crippen molar-refractivity contribution in [3.63, 3.8) is 0 Å². The van der Waals surface area contributed by atoms with Gasteiger partial charge < -0.3 is 19.6 Å². The van der Waals surface area contributed by atoms with Gasteiger partial charge in [0.15, 0.2) is 0 Å². The Kier molecular flexibility index (Phi) is 7.98. The number of thioether (sulfide) groups is 1. The van der Waals surface area contributed by atoms with Crippen molar-refractivity contribution in [2.45, 2.75) is 54.2 Å². The van der Waals surface area contributed by atoms with Gasteiger partial charge in [0.25, 0.3) is 5.91 Å². The lowest BCUT2D eigenvalue weighted by molar-refractivity contribution is -0.154. The van der Waals surface area contributed by atoms with Crippen LogP contribution in [0.25, 0.3) is 0 Å². The molecule has 42 heavy (non-hydrogen) atoms. The van der Waals surface area contributed by atoms with Crippen LogP contribution in [-0.2, 0) is 25.5 Å². The van der Waals surface area contributed by atoms with Crippen LogP contribution in [0.2, 0.25) is 5.02 Å². The van der Waals surface area contributed by atoms with E-state index in [4.69, 9.17) is 16.3 Å². The van der Waals surface area contributed by atoms with Crippen LogP contribution in [0.3, 0.4) is 0 Å². The van der Waals surface area contributed by atoms with Gasteiger partial charge in [-0.1, -0.05) is 66.2 Å². The Morgan fingerprint density at radius 3 is 2.50 bits per heavy atom. The third kappa shape index (κ3) is 4.87. The molecule has 4 heterocycles. The van der Waals surface area contributed by atoms with Crippen LogP contribution in [0, 0.1) is 11.8 Å². The van der Waals surface area contributed by atoms with Gasteiger partial charge in [0.2, 0.25) is 5.91 Å². The fourth-order valence-electron chi connectivity index (χ4n) is 7.12. The molecule has 6 rings (SSSR count). The average molecular weight is 607 g/mol. The second kappa shape index (κ2) is 11.5. The number of nitrogens with zero attached hydrogens (tertiary/aromatic N) is 2. The Morgan fingerprint density at radius 2 is 1.76 bits per heavy atom. The summed E-state index contributed by atoms with van der Waals surface area (Å²) in [6.07, 6.45) is 10.9. The van der Waals surface area contributed by atoms with Gasteiger partial charge in [-0.15, -0.1) is 11.8 Å². The first kappa shape index (κ1) is 29.0. The molecule has 9 heteroatoms. The van der Waals surface area contributed by atoms with E-state index in [0.29, 0.717) is 30.3 Å². The number of halogens is 1. The number of carbonyl (C=O) groups is 3. The van der Waals surface area contributed by atoms with Gasteiger partial charge in [0, 0.05) is 22.0 Å². The molecule has 2 amide bonds. The normalized spacial score (nSPS) is 32.5. The van der Waals surface area contributed by atoms with Crippen molar-refractivity contribution in [2.75, 3.05) is 24.7 Å². The molecule has 2 saturated heterocycles. The Hall–Kier alpha value is -3.07. The number of anilines is 1. The zero-order valence-electron chi connectivity index (χ0n) is 23.5. The first-order valence-corrected chi connectivity index (χ1v) is 15.7. The largest absolute Gasteiger partial charge is 0.465 e. The second-order valence-electron chi connectivity index (χ2n) is 11.7. The lowest BCUT2D eigenvalue weighted by Gasteiger charge is -2.40. The number of carbonyl (C=O) groups excluding carboxylic acids is 3. The average Bonchev–Trinajstić information content (AvgIpc) is 3.32. The molecule has 1 spiro atoms. The van der Waals surface area contributed by atoms with Crippen molar-refractivity contribution < 1.29 is 24.2 Å². The van der Waals surface area contributed by atoms with Crippen molar-refractivity contribution in [3.8, 4) is 0 Å². The Labute approximate surface area is 255 Å². The quantitative estimate of drug-likeness (QED) is 0.388. The molecule has 7 nitrogen and oxygen atoms in total. The van der Waals surface area contributed by atoms with Crippen LogP contribution in [0.4, 0.5) is 5.69 Å². The monoisotopic (exact) mass is 606 g/mol. The minimum absolute atomic E-state index is 0.248. The lowest BCUT2D eigenvalue weighted by Crippen LogP contribution is -2.57. The molecule has 1 N–H and O–H groups in total. The highest BCUT2D eigenvalue weighted by molar-refractivity contribution is 8.02. The van der Waals surface area contributed by atoms with Crippen LogP contribution in [0.5, 0.6) is 0 Å². The second-order valence-corrected chi connectivity index (χ2v) is 13.9. The number of amides is 2. The number of hydrogen-bond donors (Lipinski definition) is 1. The lowest BCUT2D eigenvalue weighted by atomic mass is 9.74. The number of rotatable bonds is 5. The van der Waals surface area contributed by atoms with Crippen molar-refractivity contribution >= 4 is 46.8 Å². The maximum atomic E-state index is 14.7. The van der Waals surface area contributed by atoms with Gasteiger partial charge in [-0.2, -0.15) is 0 Å². The summed E-state index contributed by atoms with van der Waals surface area (Å²) in [5, 5.41) is 11.3. The number of esters is 1. The van der Waals surface area contributed by atoms with Crippen LogP contribution in [-0.4, -0.2) is 69.1 Å². The summed E-state index contributed by atoms with van der Waals surface area (Å²) in [4.78, 5) is 46.5. The van der Waals surface area contributed by atoms with Gasteiger partial charge in [-0.25, -0.2) is 0 Å². The van der Waals surface area contributed by atoms with E-state index in [2.05, 4.69) is 6.08 Å². The number of allylic oxidation sites excluding steroid dienone is 1. The van der Waals surface area contributed by atoms with Gasteiger partial charge >= 0.3 is 5.97 Å². The van der Waals surface area contributed by atoms with E-state index in [0.717, 1.165) is 24.8 Å². The standard InChI is InChI=1S/C33H35ClN2O5S/c1-32-16-7-2-3-8-19-41-31(40)27(32)26-29(38)36(25(21-37)20-22-10-5-4-6-11-22)28-30(39)35(18-9-17-33(26,28)42-32)24-14-12-23(34)13-15-24/h4-7,9-17,25-28,37H,2-3,8,18-21H2,1H3/b16-7-/t25-,26+,27+,28?,32-,33+/m1/s1. The van der Waals surface area contributed by atoms with E-state index in [1.54, 1.807) is 34.1 Å². The van der Waals surface area contributed by atoms with E-state index in [1.165, 1.54) is 11.8 Å². The SMILES string of the molecule is C[C@@]12/C=C\CCCCOC(=O)[C@@H]1[C@H]1C(=O)N([C@@H](CO)Cc3ccccc3)C3C(=O)N(c4ccc(Cl)cc4)CC=C[C@@]31S2. The zero-order valence-corrected chi connectivity index (χ0v) is 25.1. The van der Waals surface area contributed by atoms with Crippen molar-refractivity contribution in [1.82, 2.24) is 4.90 Å². The predicted molar refractivity (Wildman–Crippen MR) is 164 cm³/mol. The van der Waals surface area contributed by atoms with Crippen LogP contribution in [0.1, 0.15) is 31.7 Å². The summed E-state index contributed by atoms with van der Waals surface area (Å²) in [6.45, 7) is 2.27. The summed E-state index contributed by atoms with van der Waals surface area (Å²) in [7, 11) is 0. The number of likely N-dealkylation sites (tertiary alicyclic amines) is 1. The topological polar surface area (TPSA) is 87.1 Å². The van der Waals surface area contributed by atoms with Gasteiger partial charge in [-0.05, 0) is 62.4 Å². The molecule has 4 aliphatic rings. The molecule has 6 atom stereocenters. The number of aliphatic hydroxyl groups is 1. The zero-order chi connectivity index (χ0) is 29.5. The molecule has 1 unspecified atom stereocenters. The fourth-order valence-corrected chi connectivity index (χ4v) is 9.39. The van der Waals surface area contributed by atoms with Crippen LogP contribution >= 0.6 is 23.4 Å². The summed E-state index contributed by atoms with van der Waals surface area (Å²) < 4.78 is 3.98. The molecule has 2 fully saturated rings. The number of hydrogen-bond acceptors (Lipinski definition) is 6. The number of ether oxygens (including phenoxy) is 1. The maximum absolute atomic E-state index is 14.7. The molecule has 0 aromatic heterocycles. The van der Waals surface area contributed by atoms with Gasteiger partial charge in [0.1, 0.15) is 6.04 Å². The van der Waals surface area contributed by atoms with Gasteiger partial charge in [-0.3, -0.25) is 14.4 Å². The fraction of sp³-hybridized carbons (Fsp3) is 0.424. The summed E-state index contributed by atoms with van der Waals surface area (Å²) in [6, 6.07) is 15.1. The van der Waals surface area contributed by atoms with E-state index in [9.17, 15) is 19.5 Å². The number of fused-ring (bicyclic) bond motifs is 2. The van der Waals surface area contributed by atoms with Crippen LogP contribution in [0.15, 0.2) is 78.9 Å². The minimum atomic E-state index is -1.03. The Bertz CT molecular complexity index is 1420. The van der Waals surface area contributed by atoms with Gasteiger partial charge in [0.05, 0.1) is 35.8 Å². The molecular formula is C33H35ClN2O5S. The third-order valence-electron chi connectivity index (χ3n) is 8.99. The summed E-state index contributed by atoms with van der Waals surface area (Å²) >= 11 is 7.67. The molecule has 220 valence electrons. The van der Waals surface area contributed by atoms with E-state index in [-0.39, 0.29) is 18.4 Å². The molecule has 2 aromatic rings. The first-order chi connectivity index (χ1) is 20.3.